The van der Waals surface area contributed by atoms with E-state index in [0.29, 0.717) is 5.69 Å². The number of carbonyl (C=O) groups is 2. The van der Waals surface area contributed by atoms with E-state index in [1.165, 1.54) is 11.0 Å². The van der Waals surface area contributed by atoms with Crippen molar-refractivity contribution in [2.75, 3.05) is 11.9 Å². The van der Waals surface area contributed by atoms with Gasteiger partial charge < -0.3 is 10.4 Å². The van der Waals surface area contributed by atoms with Crippen LogP contribution in [0.1, 0.15) is 36.0 Å². The summed E-state index contributed by atoms with van der Waals surface area (Å²) in [4.78, 5) is 24.6. The van der Waals surface area contributed by atoms with E-state index < -0.39 is 5.97 Å². The first-order valence-corrected chi connectivity index (χ1v) is 6.46. The van der Waals surface area contributed by atoms with Gasteiger partial charge in [0.05, 0.1) is 11.3 Å². The quantitative estimate of drug-likeness (QED) is 0.879. The van der Waals surface area contributed by atoms with Gasteiger partial charge in [-0.3, -0.25) is 4.90 Å². The predicted octanol–water partition coefficient (Wildman–Crippen LogP) is 2.47. The molecule has 0 heterocycles. The molecule has 0 atom stereocenters. The summed E-state index contributed by atoms with van der Waals surface area (Å²) in [5, 5.41) is 12.1. The summed E-state index contributed by atoms with van der Waals surface area (Å²) < 4.78 is 0. The molecule has 0 saturated heterocycles. The van der Waals surface area contributed by atoms with Gasteiger partial charge in [-0.25, -0.2) is 9.59 Å². The van der Waals surface area contributed by atoms with Gasteiger partial charge in [0, 0.05) is 13.1 Å². The van der Waals surface area contributed by atoms with Gasteiger partial charge >= 0.3 is 12.0 Å². The van der Waals surface area contributed by atoms with Crippen LogP contribution in [0.2, 0.25) is 0 Å². The number of rotatable bonds is 3. The van der Waals surface area contributed by atoms with E-state index in [1.807, 2.05) is 0 Å². The average Bonchev–Trinajstić information content (AvgIpc) is 2.90. The number of carboxylic acid groups (broad SMARTS) is 1. The maximum Gasteiger partial charge on any atom is 0.337 e. The maximum absolute atomic E-state index is 12.1. The molecular formula is C14H18N2O3. The standard InChI is InChI=1S/C14H18N2O3/c1-16(14(19)15-10-6-2-3-7-10)12-9-5-4-8-11(12)13(17)18/h4-5,8-10H,2-3,6-7H2,1H3,(H,15,19)(H,17,18). The molecule has 1 aliphatic carbocycles. The Morgan fingerprint density at radius 2 is 1.89 bits per heavy atom. The van der Waals surface area contributed by atoms with Gasteiger partial charge in [0.15, 0.2) is 0 Å². The Morgan fingerprint density at radius 3 is 2.53 bits per heavy atom. The van der Waals surface area contributed by atoms with E-state index in [0.717, 1.165) is 25.7 Å². The summed E-state index contributed by atoms with van der Waals surface area (Å²) in [7, 11) is 1.59. The molecule has 0 unspecified atom stereocenters. The van der Waals surface area contributed by atoms with E-state index in [4.69, 9.17) is 5.11 Å². The molecule has 19 heavy (non-hydrogen) atoms. The second-order valence-electron chi connectivity index (χ2n) is 4.81. The van der Waals surface area contributed by atoms with Gasteiger partial charge in [0.2, 0.25) is 0 Å². The molecule has 2 amide bonds. The number of carboxylic acids is 1. The Bertz CT molecular complexity index is 481. The van der Waals surface area contributed by atoms with Crippen molar-refractivity contribution in [3.05, 3.63) is 29.8 Å². The SMILES string of the molecule is CN(C(=O)NC1CCCC1)c1ccccc1C(=O)O. The molecule has 1 fully saturated rings. The molecule has 102 valence electrons. The number of hydrogen-bond acceptors (Lipinski definition) is 2. The summed E-state index contributed by atoms with van der Waals surface area (Å²) in [5.41, 5.74) is 0.539. The van der Waals surface area contributed by atoms with Crippen molar-refractivity contribution < 1.29 is 14.7 Å². The zero-order valence-corrected chi connectivity index (χ0v) is 10.9. The largest absolute Gasteiger partial charge is 0.478 e. The normalized spacial score (nSPS) is 15.2. The minimum atomic E-state index is -1.03. The lowest BCUT2D eigenvalue weighted by Gasteiger charge is -2.22. The van der Waals surface area contributed by atoms with Gasteiger partial charge in [-0.15, -0.1) is 0 Å². The van der Waals surface area contributed by atoms with Gasteiger partial charge in [0.25, 0.3) is 0 Å². The zero-order chi connectivity index (χ0) is 13.8. The van der Waals surface area contributed by atoms with Crippen LogP contribution in [-0.4, -0.2) is 30.2 Å². The molecule has 0 aliphatic heterocycles. The molecule has 2 N–H and O–H groups in total. The number of nitrogens with one attached hydrogen (secondary N) is 1. The molecule has 5 nitrogen and oxygen atoms in total. The lowest BCUT2D eigenvalue weighted by molar-refractivity contribution is 0.0697. The highest BCUT2D eigenvalue weighted by Gasteiger charge is 2.22. The zero-order valence-electron chi connectivity index (χ0n) is 10.9. The molecule has 5 heteroatoms. The number of aromatic carboxylic acids is 1. The molecule has 1 aromatic carbocycles. The third-order valence-corrected chi connectivity index (χ3v) is 3.48. The van der Waals surface area contributed by atoms with Crippen LogP contribution in [0.3, 0.4) is 0 Å². The Balaban J connectivity index is 2.12. The van der Waals surface area contributed by atoms with Crippen molar-refractivity contribution in [3.8, 4) is 0 Å². The lowest BCUT2D eigenvalue weighted by atomic mass is 10.1. The molecule has 1 saturated carbocycles. The smallest absolute Gasteiger partial charge is 0.337 e. The van der Waals surface area contributed by atoms with E-state index in [-0.39, 0.29) is 17.6 Å². The van der Waals surface area contributed by atoms with Crippen molar-refractivity contribution >= 4 is 17.7 Å². The Labute approximate surface area is 112 Å². The molecule has 1 aliphatic rings. The fourth-order valence-electron chi connectivity index (χ4n) is 2.40. The molecule has 0 aromatic heterocycles. The topological polar surface area (TPSA) is 69.6 Å². The second-order valence-corrected chi connectivity index (χ2v) is 4.81. The lowest BCUT2D eigenvalue weighted by Crippen LogP contribution is -2.42. The van der Waals surface area contributed by atoms with Gasteiger partial charge in [-0.05, 0) is 25.0 Å². The van der Waals surface area contributed by atoms with Crippen LogP contribution in [0.4, 0.5) is 10.5 Å². The Hall–Kier alpha value is -2.04. The third-order valence-electron chi connectivity index (χ3n) is 3.48. The highest BCUT2D eigenvalue weighted by molar-refractivity contribution is 6.01. The first-order valence-electron chi connectivity index (χ1n) is 6.46. The predicted molar refractivity (Wildman–Crippen MR) is 72.6 cm³/mol. The van der Waals surface area contributed by atoms with E-state index in [2.05, 4.69) is 5.32 Å². The summed E-state index contributed by atoms with van der Waals surface area (Å²) in [6, 6.07) is 6.47. The number of anilines is 1. The number of hydrogen-bond donors (Lipinski definition) is 2. The number of carbonyl (C=O) groups excluding carboxylic acids is 1. The summed E-state index contributed by atoms with van der Waals surface area (Å²) in [6.45, 7) is 0. The fourth-order valence-corrected chi connectivity index (χ4v) is 2.40. The Morgan fingerprint density at radius 1 is 1.26 bits per heavy atom. The molecule has 0 bridgehead atoms. The van der Waals surface area contributed by atoms with Crippen LogP contribution >= 0.6 is 0 Å². The number of amides is 2. The average molecular weight is 262 g/mol. The van der Waals surface area contributed by atoms with Crippen LogP contribution in [-0.2, 0) is 0 Å². The summed E-state index contributed by atoms with van der Waals surface area (Å²) in [6.07, 6.45) is 4.28. The monoisotopic (exact) mass is 262 g/mol. The van der Waals surface area contributed by atoms with E-state index in [1.54, 1.807) is 25.2 Å². The third kappa shape index (κ3) is 3.05. The van der Waals surface area contributed by atoms with Crippen LogP contribution in [0.25, 0.3) is 0 Å². The molecular weight excluding hydrogens is 244 g/mol. The first kappa shape index (κ1) is 13.4. The van der Waals surface area contributed by atoms with Gasteiger partial charge in [-0.1, -0.05) is 25.0 Å². The number of benzene rings is 1. The van der Waals surface area contributed by atoms with Crippen molar-refractivity contribution in [2.45, 2.75) is 31.7 Å². The molecule has 2 rings (SSSR count). The number of nitrogens with zero attached hydrogens (tertiary/aromatic N) is 1. The first-order chi connectivity index (χ1) is 9.09. The van der Waals surface area contributed by atoms with E-state index >= 15 is 0 Å². The minimum absolute atomic E-state index is 0.131. The Kier molecular flexibility index (Phi) is 4.04. The van der Waals surface area contributed by atoms with Crippen LogP contribution in [0.5, 0.6) is 0 Å². The number of para-hydroxylation sites is 1. The van der Waals surface area contributed by atoms with Crippen LogP contribution in [0.15, 0.2) is 24.3 Å². The van der Waals surface area contributed by atoms with Crippen LogP contribution in [0, 0.1) is 0 Å². The molecule has 0 spiro atoms. The van der Waals surface area contributed by atoms with Crippen molar-refractivity contribution in [1.29, 1.82) is 0 Å². The maximum atomic E-state index is 12.1. The van der Waals surface area contributed by atoms with E-state index in [9.17, 15) is 9.59 Å². The minimum Gasteiger partial charge on any atom is -0.478 e. The molecule has 0 radical (unpaired) electrons. The van der Waals surface area contributed by atoms with Crippen LogP contribution < -0.4 is 10.2 Å². The van der Waals surface area contributed by atoms with Gasteiger partial charge in [0.1, 0.15) is 0 Å². The summed E-state index contributed by atoms with van der Waals surface area (Å²) in [5.74, 6) is -1.03. The van der Waals surface area contributed by atoms with Gasteiger partial charge in [-0.2, -0.15) is 0 Å². The number of urea groups is 1. The molecule has 1 aromatic rings. The summed E-state index contributed by atoms with van der Waals surface area (Å²) >= 11 is 0. The van der Waals surface area contributed by atoms with Crippen molar-refractivity contribution in [1.82, 2.24) is 5.32 Å². The highest BCUT2D eigenvalue weighted by atomic mass is 16.4. The fraction of sp³-hybridized carbons (Fsp3) is 0.429. The highest BCUT2D eigenvalue weighted by Crippen LogP contribution is 2.21. The second kappa shape index (κ2) is 5.73. The van der Waals surface area contributed by atoms with Crippen molar-refractivity contribution in [2.24, 2.45) is 0 Å². The van der Waals surface area contributed by atoms with Crippen molar-refractivity contribution in [3.63, 3.8) is 0 Å².